The van der Waals surface area contributed by atoms with Crippen LogP contribution in [0.5, 0.6) is 11.5 Å². The Hall–Kier alpha value is -1.09. The number of phenols is 1. The number of aromatic hydroxyl groups is 1. The molecule has 0 spiro atoms. The molecule has 0 amide bonds. The summed E-state index contributed by atoms with van der Waals surface area (Å²) in [6.07, 6.45) is 1.54. The Morgan fingerprint density at radius 2 is 2.41 bits per heavy atom. The van der Waals surface area contributed by atoms with Crippen LogP contribution in [0.25, 0.3) is 0 Å². The molecule has 1 rings (SSSR count). The number of hydrogen-bond donors (Lipinski definition) is 3. The second-order valence-electron chi connectivity index (χ2n) is 3.02. The number of phenolic OH excluding ortho intramolecular Hbond substituents is 1. The molecular weight excluding hydrogens is 353 g/mol. The average Bonchev–Trinajstić information content (AvgIpc) is 2.25. The summed E-state index contributed by atoms with van der Waals surface area (Å²) in [4.78, 5) is 0. The SMILES string of the molecule is CCOc1cc(/C=N\NC(N)=S)cc(I)c1O. The molecule has 0 aliphatic carbocycles. The molecule has 92 valence electrons. The van der Waals surface area contributed by atoms with Crippen LogP contribution in [0.3, 0.4) is 0 Å². The third-order valence-electron chi connectivity index (χ3n) is 1.74. The Labute approximate surface area is 118 Å². The number of halogens is 1. The minimum absolute atomic E-state index is 0.0970. The molecule has 0 unspecified atom stereocenters. The van der Waals surface area contributed by atoms with E-state index >= 15 is 0 Å². The minimum Gasteiger partial charge on any atom is -0.504 e. The lowest BCUT2D eigenvalue weighted by atomic mass is 10.2. The maximum atomic E-state index is 9.73. The van der Waals surface area contributed by atoms with E-state index in [-0.39, 0.29) is 10.9 Å². The van der Waals surface area contributed by atoms with E-state index in [0.717, 1.165) is 5.56 Å². The van der Waals surface area contributed by atoms with Gasteiger partial charge in [-0.15, -0.1) is 0 Å². The predicted octanol–water partition coefficient (Wildman–Crippen LogP) is 1.56. The number of nitrogens with two attached hydrogens (primary N) is 1. The van der Waals surface area contributed by atoms with Crippen LogP contribution in [0.15, 0.2) is 17.2 Å². The zero-order valence-corrected chi connectivity index (χ0v) is 12.1. The van der Waals surface area contributed by atoms with E-state index in [9.17, 15) is 5.11 Å². The first-order valence-corrected chi connectivity index (χ1v) is 6.27. The molecular formula is C10H12IN3O2S. The molecule has 0 radical (unpaired) electrons. The van der Waals surface area contributed by atoms with E-state index in [4.69, 9.17) is 10.5 Å². The zero-order valence-electron chi connectivity index (χ0n) is 9.11. The number of thiocarbonyl (C=S) groups is 1. The van der Waals surface area contributed by atoms with Gasteiger partial charge in [0.2, 0.25) is 0 Å². The first-order chi connectivity index (χ1) is 8.04. The van der Waals surface area contributed by atoms with E-state index in [1.807, 2.05) is 29.5 Å². The largest absolute Gasteiger partial charge is 0.504 e. The number of hydrazone groups is 1. The van der Waals surface area contributed by atoms with Gasteiger partial charge in [-0.3, -0.25) is 5.43 Å². The number of benzene rings is 1. The van der Waals surface area contributed by atoms with Crippen molar-refractivity contribution in [2.75, 3.05) is 6.61 Å². The highest BCUT2D eigenvalue weighted by atomic mass is 127. The van der Waals surface area contributed by atoms with Crippen molar-refractivity contribution >= 4 is 46.1 Å². The van der Waals surface area contributed by atoms with Crippen molar-refractivity contribution in [3.63, 3.8) is 0 Å². The summed E-state index contributed by atoms with van der Waals surface area (Å²) in [5, 5.41) is 13.7. The molecule has 0 saturated carbocycles. The van der Waals surface area contributed by atoms with Crippen LogP contribution >= 0.6 is 34.8 Å². The Bertz CT molecular complexity index is 451. The Morgan fingerprint density at radius 1 is 1.71 bits per heavy atom. The van der Waals surface area contributed by atoms with E-state index in [1.165, 1.54) is 0 Å². The lowest BCUT2D eigenvalue weighted by molar-refractivity contribution is 0.317. The molecule has 1 aromatic rings. The van der Waals surface area contributed by atoms with Crippen LogP contribution in [0, 0.1) is 3.57 Å². The van der Waals surface area contributed by atoms with Crippen molar-refractivity contribution in [2.24, 2.45) is 10.8 Å². The summed E-state index contributed by atoms with van der Waals surface area (Å²) in [5.41, 5.74) is 8.46. The monoisotopic (exact) mass is 365 g/mol. The van der Waals surface area contributed by atoms with Gasteiger partial charge in [0.1, 0.15) is 0 Å². The summed E-state index contributed by atoms with van der Waals surface area (Å²) >= 11 is 6.63. The summed E-state index contributed by atoms with van der Waals surface area (Å²) in [6.45, 7) is 2.33. The lowest BCUT2D eigenvalue weighted by Crippen LogP contribution is -2.23. The fourth-order valence-corrected chi connectivity index (χ4v) is 1.78. The van der Waals surface area contributed by atoms with Crippen LogP contribution in [0.1, 0.15) is 12.5 Å². The highest BCUT2D eigenvalue weighted by molar-refractivity contribution is 14.1. The quantitative estimate of drug-likeness (QED) is 0.327. The Morgan fingerprint density at radius 3 is 3.00 bits per heavy atom. The molecule has 0 aromatic heterocycles. The molecule has 4 N–H and O–H groups in total. The molecule has 1 aromatic carbocycles. The molecule has 0 aliphatic rings. The van der Waals surface area contributed by atoms with E-state index in [2.05, 4.69) is 22.7 Å². The second kappa shape index (κ2) is 6.60. The maximum Gasteiger partial charge on any atom is 0.184 e. The van der Waals surface area contributed by atoms with Crippen LogP contribution in [-0.4, -0.2) is 23.0 Å². The van der Waals surface area contributed by atoms with Gasteiger partial charge >= 0.3 is 0 Å². The predicted molar refractivity (Wildman–Crippen MR) is 79.5 cm³/mol. The number of nitrogens with zero attached hydrogens (tertiary/aromatic N) is 1. The van der Waals surface area contributed by atoms with Crippen molar-refractivity contribution in [3.8, 4) is 11.5 Å². The lowest BCUT2D eigenvalue weighted by Gasteiger charge is -2.08. The van der Waals surface area contributed by atoms with Gasteiger partial charge in [0.25, 0.3) is 0 Å². The van der Waals surface area contributed by atoms with Crippen molar-refractivity contribution < 1.29 is 9.84 Å². The van der Waals surface area contributed by atoms with Crippen LogP contribution in [0.4, 0.5) is 0 Å². The average molecular weight is 365 g/mol. The van der Waals surface area contributed by atoms with E-state index in [0.29, 0.717) is 15.9 Å². The first kappa shape index (κ1) is 14.0. The molecule has 17 heavy (non-hydrogen) atoms. The van der Waals surface area contributed by atoms with Gasteiger partial charge in [-0.05, 0) is 59.4 Å². The highest BCUT2D eigenvalue weighted by Crippen LogP contribution is 2.32. The first-order valence-electron chi connectivity index (χ1n) is 4.78. The molecule has 0 heterocycles. The topological polar surface area (TPSA) is 79.9 Å². The molecule has 0 bridgehead atoms. The van der Waals surface area contributed by atoms with Crippen LogP contribution in [0.2, 0.25) is 0 Å². The molecule has 0 atom stereocenters. The number of ether oxygens (including phenoxy) is 1. The van der Waals surface area contributed by atoms with E-state index in [1.54, 1.807) is 18.3 Å². The summed E-state index contributed by atoms with van der Waals surface area (Å²) < 4.78 is 5.98. The van der Waals surface area contributed by atoms with Gasteiger partial charge in [-0.2, -0.15) is 5.10 Å². The van der Waals surface area contributed by atoms with Gasteiger partial charge in [0.05, 0.1) is 16.4 Å². The minimum atomic E-state index is 0.0970. The summed E-state index contributed by atoms with van der Waals surface area (Å²) in [7, 11) is 0. The second-order valence-corrected chi connectivity index (χ2v) is 4.62. The number of rotatable bonds is 4. The van der Waals surface area contributed by atoms with Gasteiger partial charge < -0.3 is 15.6 Å². The highest BCUT2D eigenvalue weighted by Gasteiger charge is 2.07. The molecule has 0 aliphatic heterocycles. The maximum absolute atomic E-state index is 9.73. The van der Waals surface area contributed by atoms with Crippen LogP contribution in [-0.2, 0) is 0 Å². The third-order valence-corrected chi connectivity index (χ3v) is 2.65. The molecule has 0 saturated heterocycles. The van der Waals surface area contributed by atoms with Gasteiger partial charge in [-0.1, -0.05) is 0 Å². The standard InChI is InChI=1S/C10H12IN3O2S/c1-2-16-8-4-6(3-7(11)9(8)15)5-13-14-10(12)17/h3-5,15H,2H2,1H3,(H3,12,14,17)/b13-5-. The summed E-state index contributed by atoms with van der Waals surface area (Å²) in [6, 6.07) is 3.45. The van der Waals surface area contributed by atoms with Crippen LogP contribution < -0.4 is 15.9 Å². The fraction of sp³-hybridized carbons (Fsp3) is 0.200. The van der Waals surface area contributed by atoms with Gasteiger partial charge in [0, 0.05) is 0 Å². The Balaban J connectivity index is 2.93. The summed E-state index contributed by atoms with van der Waals surface area (Å²) in [5.74, 6) is 0.558. The fourth-order valence-electron chi connectivity index (χ4n) is 1.10. The van der Waals surface area contributed by atoms with Crippen molar-refractivity contribution in [2.45, 2.75) is 6.92 Å². The van der Waals surface area contributed by atoms with Gasteiger partial charge in [0.15, 0.2) is 16.6 Å². The molecule has 7 heteroatoms. The molecule has 0 fully saturated rings. The molecule has 5 nitrogen and oxygen atoms in total. The van der Waals surface area contributed by atoms with Crippen molar-refractivity contribution in [3.05, 3.63) is 21.3 Å². The Kier molecular flexibility index (Phi) is 5.42. The number of nitrogens with one attached hydrogen (secondary N) is 1. The van der Waals surface area contributed by atoms with E-state index < -0.39 is 0 Å². The zero-order chi connectivity index (χ0) is 12.8. The normalized spacial score (nSPS) is 10.5. The van der Waals surface area contributed by atoms with Crippen molar-refractivity contribution in [1.82, 2.24) is 5.43 Å². The van der Waals surface area contributed by atoms with Crippen molar-refractivity contribution in [1.29, 1.82) is 0 Å². The smallest absolute Gasteiger partial charge is 0.184 e. The third kappa shape index (κ3) is 4.35. The number of hydrogen-bond acceptors (Lipinski definition) is 4. The van der Waals surface area contributed by atoms with Gasteiger partial charge in [-0.25, -0.2) is 0 Å².